The first-order chi connectivity index (χ1) is 11.4. The van der Waals surface area contributed by atoms with Crippen LogP contribution in [-0.2, 0) is 0 Å². The maximum absolute atomic E-state index is 11.6. The Labute approximate surface area is 140 Å². The number of benzene rings is 1. The molecule has 1 saturated heterocycles. The Morgan fingerprint density at radius 2 is 1.96 bits per heavy atom. The molecule has 1 aromatic carbocycles. The zero-order valence-corrected chi connectivity index (χ0v) is 13.9. The number of nitrogens with one attached hydrogen (secondary N) is 1. The standard InChI is InChI=1S/C16H23N3O5/c1-16(2,9-20)15(18-5-3-17-4-6-18)11-7-13-14(24-10-23-13)8-12(11)19(21)22/h7-8,15,17,20H,3-6,9-10H2,1-2H3/t15-/m1/s1. The van der Waals surface area contributed by atoms with Gasteiger partial charge >= 0.3 is 0 Å². The first-order valence-electron chi connectivity index (χ1n) is 8.07. The second kappa shape index (κ2) is 6.54. The summed E-state index contributed by atoms with van der Waals surface area (Å²) in [6, 6.07) is 2.84. The zero-order chi connectivity index (χ0) is 17.3. The highest BCUT2D eigenvalue weighted by molar-refractivity contribution is 5.56. The minimum Gasteiger partial charge on any atom is -0.454 e. The van der Waals surface area contributed by atoms with Crippen LogP contribution in [0, 0.1) is 15.5 Å². The van der Waals surface area contributed by atoms with Crippen LogP contribution in [0.3, 0.4) is 0 Å². The van der Waals surface area contributed by atoms with Crippen LogP contribution in [-0.4, -0.2) is 54.5 Å². The average Bonchev–Trinajstić information content (AvgIpc) is 3.02. The van der Waals surface area contributed by atoms with Gasteiger partial charge in [-0.15, -0.1) is 0 Å². The Bertz CT molecular complexity index is 628. The van der Waals surface area contributed by atoms with Crippen LogP contribution in [0.1, 0.15) is 25.5 Å². The van der Waals surface area contributed by atoms with Gasteiger partial charge in [-0.25, -0.2) is 0 Å². The quantitative estimate of drug-likeness (QED) is 0.617. The number of nitro groups is 1. The van der Waals surface area contributed by atoms with E-state index in [1.165, 1.54) is 6.07 Å². The van der Waals surface area contributed by atoms with Crippen molar-refractivity contribution in [1.82, 2.24) is 10.2 Å². The molecular weight excluding hydrogens is 314 g/mol. The van der Waals surface area contributed by atoms with Crippen LogP contribution >= 0.6 is 0 Å². The van der Waals surface area contributed by atoms with Gasteiger partial charge in [0, 0.05) is 44.2 Å². The van der Waals surface area contributed by atoms with E-state index in [9.17, 15) is 15.2 Å². The highest BCUT2D eigenvalue weighted by Gasteiger charge is 2.40. The molecule has 0 amide bonds. The van der Waals surface area contributed by atoms with Crippen molar-refractivity contribution in [2.24, 2.45) is 5.41 Å². The van der Waals surface area contributed by atoms with Crippen LogP contribution in [0.4, 0.5) is 5.69 Å². The Kier molecular flexibility index (Phi) is 4.62. The van der Waals surface area contributed by atoms with Gasteiger partial charge in [0.15, 0.2) is 11.5 Å². The lowest BCUT2D eigenvalue weighted by Gasteiger charge is -2.43. The third-order valence-electron chi connectivity index (χ3n) is 4.68. The van der Waals surface area contributed by atoms with Gasteiger partial charge in [0.1, 0.15) is 0 Å². The molecule has 1 atom stereocenters. The van der Waals surface area contributed by atoms with E-state index in [0.29, 0.717) is 17.1 Å². The lowest BCUT2D eigenvalue weighted by atomic mass is 9.79. The van der Waals surface area contributed by atoms with Crippen molar-refractivity contribution >= 4 is 5.69 Å². The van der Waals surface area contributed by atoms with Crippen LogP contribution in [0.15, 0.2) is 12.1 Å². The average molecular weight is 337 g/mol. The molecule has 0 spiro atoms. The molecule has 3 rings (SSSR count). The zero-order valence-electron chi connectivity index (χ0n) is 13.9. The summed E-state index contributed by atoms with van der Waals surface area (Å²) in [5.41, 5.74) is 0.0185. The molecule has 1 fully saturated rings. The topological polar surface area (TPSA) is 97.1 Å². The second-order valence-corrected chi connectivity index (χ2v) is 6.86. The molecule has 24 heavy (non-hydrogen) atoms. The summed E-state index contributed by atoms with van der Waals surface area (Å²) in [6.45, 7) is 7.00. The first-order valence-corrected chi connectivity index (χ1v) is 8.07. The molecule has 2 aliphatic rings. The van der Waals surface area contributed by atoms with Gasteiger partial charge in [-0.2, -0.15) is 0 Å². The predicted molar refractivity (Wildman–Crippen MR) is 87.3 cm³/mol. The highest BCUT2D eigenvalue weighted by atomic mass is 16.7. The summed E-state index contributed by atoms with van der Waals surface area (Å²) >= 11 is 0. The molecule has 0 aromatic heterocycles. The largest absolute Gasteiger partial charge is 0.454 e. The summed E-state index contributed by atoms with van der Waals surface area (Å²) in [6.07, 6.45) is 0. The van der Waals surface area contributed by atoms with Crippen LogP contribution in [0.5, 0.6) is 11.5 Å². The van der Waals surface area contributed by atoms with Gasteiger partial charge in [-0.3, -0.25) is 15.0 Å². The molecule has 2 N–H and O–H groups in total. The minimum absolute atomic E-state index is 0.00399. The monoisotopic (exact) mass is 337 g/mol. The normalized spacial score (nSPS) is 19.3. The van der Waals surface area contributed by atoms with Gasteiger partial charge in [-0.1, -0.05) is 13.8 Å². The number of nitro benzene ring substituents is 1. The van der Waals surface area contributed by atoms with E-state index in [2.05, 4.69) is 10.2 Å². The van der Waals surface area contributed by atoms with E-state index >= 15 is 0 Å². The number of ether oxygens (including phenoxy) is 2. The summed E-state index contributed by atoms with van der Waals surface area (Å²) in [5, 5.41) is 24.8. The summed E-state index contributed by atoms with van der Waals surface area (Å²) < 4.78 is 10.7. The fraction of sp³-hybridized carbons (Fsp3) is 0.625. The van der Waals surface area contributed by atoms with Crippen molar-refractivity contribution in [2.75, 3.05) is 39.6 Å². The summed E-state index contributed by atoms with van der Waals surface area (Å²) in [7, 11) is 0. The van der Waals surface area contributed by atoms with Gasteiger partial charge in [0.25, 0.3) is 5.69 Å². The van der Waals surface area contributed by atoms with Crippen molar-refractivity contribution < 1.29 is 19.5 Å². The van der Waals surface area contributed by atoms with Gasteiger partial charge in [-0.05, 0) is 6.07 Å². The second-order valence-electron chi connectivity index (χ2n) is 6.86. The van der Waals surface area contributed by atoms with Crippen molar-refractivity contribution in [2.45, 2.75) is 19.9 Å². The molecule has 2 aliphatic heterocycles. The predicted octanol–water partition coefficient (Wildman–Crippen LogP) is 1.29. The van der Waals surface area contributed by atoms with E-state index in [1.54, 1.807) is 6.07 Å². The first kappa shape index (κ1) is 16.9. The lowest BCUT2D eigenvalue weighted by molar-refractivity contribution is -0.386. The van der Waals surface area contributed by atoms with E-state index in [0.717, 1.165) is 26.2 Å². The fourth-order valence-electron chi connectivity index (χ4n) is 3.46. The number of hydrogen-bond acceptors (Lipinski definition) is 7. The molecule has 0 radical (unpaired) electrons. The van der Waals surface area contributed by atoms with Gasteiger partial charge in [0.2, 0.25) is 6.79 Å². The number of hydrogen-bond donors (Lipinski definition) is 2. The van der Waals surface area contributed by atoms with E-state index in [4.69, 9.17) is 9.47 Å². The summed E-state index contributed by atoms with van der Waals surface area (Å²) in [5.74, 6) is 0.913. The molecule has 0 unspecified atom stereocenters. The molecule has 0 bridgehead atoms. The Morgan fingerprint density at radius 1 is 1.33 bits per heavy atom. The highest BCUT2D eigenvalue weighted by Crippen LogP contribution is 2.46. The number of rotatable bonds is 5. The molecule has 1 aromatic rings. The van der Waals surface area contributed by atoms with E-state index in [1.807, 2.05) is 13.8 Å². The van der Waals surface area contributed by atoms with Crippen molar-refractivity contribution in [3.63, 3.8) is 0 Å². The van der Waals surface area contributed by atoms with Crippen LogP contribution in [0.2, 0.25) is 0 Å². The van der Waals surface area contributed by atoms with E-state index < -0.39 is 5.41 Å². The van der Waals surface area contributed by atoms with Gasteiger partial charge in [0.05, 0.1) is 16.6 Å². The molecule has 8 nitrogen and oxygen atoms in total. The third-order valence-corrected chi connectivity index (χ3v) is 4.68. The Morgan fingerprint density at radius 3 is 2.54 bits per heavy atom. The maximum atomic E-state index is 11.6. The van der Waals surface area contributed by atoms with E-state index in [-0.39, 0.29) is 30.1 Å². The fourth-order valence-corrected chi connectivity index (χ4v) is 3.46. The molecule has 8 heteroatoms. The third kappa shape index (κ3) is 3.04. The number of aliphatic hydroxyl groups is 1. The number of fused-ring (bicyclic) bond motifs is 1. The molecular formula is C16H23N3O5. The van der Waals surface area contributed by atoms with Crippen LogP contribution in [0.25, 0.3) is 0 Å². The smallest absolute Gasteiger partial charge is 0.278 e. The SMILES string of the molecule is CC(C)(CO)[C@@H](c1cc2c(cc1[N+](=O)[O-])OCO2)N1CCNCC1. The molecule has 132 valence electrons. The van der Waals surface area contributed by atoms with Crippen LogP contribution < -0.4 is 14.8 Å². The van der Waals surface area contributed by atoms with Gasteiger partial charge < -0.3 is 19.9 Å². The van der Waals surface area contributed by atoms with Crippen molar-refractivity contribution in [3.8, 4) is 11.5 Å². The molecule has 2 heterocycles. The Balaban J connectivity index is 2.11. The van der Waals surface area contributed by atoms with Crippen molar-refractivity contribution in [3.05, 3.63) is 27.8 Å². The van der Waals surface area contributed by atoms with Crippen molar-refractivity contribution in [1.29, 1.82) is 0 Å². The molecule has 0 saturated carbocycles. The number of piperazine rings is 1. The maximum Gasteiger partial charge on any atom is 0.278 e. The lowest BCUT2D eigenvalue weighted by Crippen LogP contribution is -2.49. The minimum atomic E-state index is -0.546. The number of aliphatic hydroxyl groups excluding tert-OH is 1. The summed E-state index contributed by atoms with van der Waals surface area (Å²) in [4.78, 5) is 13.4. The Hall–Kier alpha value is -1.90. The molecule has 0 aliphatic carbocycles. The number of nitrogens with zero attached hydrogens (tertiary/aromatic N) is 2.